The molecule has 0 unspecified atom stereocenters. The molecule has 0 spiro atoms. The Morgan fingerprint density at radius 1 is 1.12 bits per heavy atom. The maximum Gasteiger partial charge on any atom is 0.223 e. The summed E-state index contributed by atoms with van der Waals surface area (Å²) in [5.74, 6) is 0.317. The fourth-order valence-corrected chi connectivity index (χ4v) is 1.40. The van der Waals surface area contributed by atoms with E-state index in [4.69, 9.17) is 0 Å². The van der Waals surface area contributed by atoms with Crippen molar-refractivity contribution in [1.29, 1.82) is 0 Å². The highest BCUT2D eigenvalue weighted by Crippen LogP contribution is 2.22. The standard InChI is InChI=1S/C13H19NO2/c1-9-6-11(7-10(2)12(9)15)8-14(16)13(3,4)5/h6-8,16H,1-5H3/p+1. The zero-order chi connectivity index (χ0) is 12.5. The first-order valence-corrected chi connectivity index (χ1v) is 5.35. The van der Waals surface area contributed by atoms with Crippen LogP contribution in [-0.2, 0) is 0 Å². The highest BCUT2D eigenvalue weighted by Gasteiger charge is 2.24. The number of phenols is 1. The van der Waals surface area contributed by atoms with Crippen molar-refractivity contribution in [3.8, 4) is 5.75 Å². The monoisotopic (exact) mass is 222 g/mol. The Morgan fingerprint density at radius 2 is 1.56 bits per heavy atom. The van der Waals surface area contributed by atoms with E-state index in [9.17, 15) is 10.3 Å². The van der Waals surface area contributed by atoms with Gasteiger partial charge in [0, 0.05) is 26.3 Å². The van der Waals surface area contributed by atoms with Gasteiger partial charge in [0.2, 0.25) is 11.8 Å². The Morgan fingerprint density at radius 3 is 1.94 bits per heavy atom. The van der Waals surface area contributed by atoms with Crippen molar-refractivity contribution in [1.82, 2.24) is 0 Å². The van der Waals surface area contributed by atoms with Gasteiger partial charge in [0.1, 0.15) is 5.75 Å². The molecule has 0 radical (unpaired) electrons. The summed E-state index contributed by atoms with van der Waals surface area (Å²) in [5, 5.41) is 19.4. The number of rotatable bonds is 1. The molecule has 3 heteroatoms. The van der Waals surface area contributed by atoms with Crippen LogP contribution in [0.25, 0.3) is 0 Å². The smallest absolute Gasteiger partial charge is 0.223 e. The van der Waals surface area contributed by atoms with Gasteiger partial charge in [0.15, 0.2) is 0 Å². The molecule has 3 nitrogen and oxygen atoms in total. The second-order valence-electron chi connectivity index (χ2n) is 5.15. The van der Waals surface area contributed by atoms with Crippen LogP contribution in [0.3, 0.4) is 0 Å². The first-order chi connectivity index (χ1) is 7.21. The van der Waals surface area contributed by atoms with Crippen molar-refractivity contribution in [2.75, 3.05) is 0 Å². The molecule has 1 aromatic rings. The molecule has 88 valence electrons. The predicted octanol–water partition coefficient (Wildman–Crippen LogP) is 2.63. The molecule has 0 fully saturated rings. The second kappa shape index (κ2) is 4.16. The Bertz CT molecular complexity index is 405. The molecule has 0 bridgehead atoms. The molecule has 0 amide bonds. The normalized spacial score (nSPS) is 12.9. The number of aryl methyl sites for hydroxylation is 2. The summed E-state index contributed by atoms with van der Waals surface area (Å²) in [6, 6.07) is 3.69. The van der Waals surface area contributed by atoms with Gasteiger partial charge in [-0.2, -0.15) is 0 Å². The van der Waals surface area contributed by atoms with Gasteiger partial charge in [0.05, 0.1) is 0 Å². The number of hydrogen-bond donors (Lipinski definition) is 2. The summed E-state index contributed by atoms with van der Waals surface area (Å²) in [6.07, 6.45) is 1.67. The highest BCUT2D eigenvalue weighted by atomic mass is 16.5. The van der Waals surface area contributed by atoms with E-state index >= 15 is 0 Å². The predicted molar refractivity (Wildman–Crippen MR) is 64.5 cm³/mol. The molecular weight excluding hydrogens is 202 g/mol. The van der Waals surface area contributed by atoms with Crippen molar-refractivity contribution in [3.05, 3.63) is 28.8 Å². The molecule has 0 aliphatic heterocycles. The Hall–Kier alpha value is -1.51. The maximum absolute atomic E-state index is 9.81. The van der Waals surface area contributed by atoms with Gasteiger partial charge >= 0.3 is 0 Å². The van der Waals surface area contributed by atoms with E-state index < -0.39 is 0 Å². The van der Waals surface area contributed by atoms with Gasteiger partial charge in [0.25, 0.3) is 0 Å². The summed E-state index contributed by atoms with van der Waals surface area (Å²) in [4.78, 5) is 0. The van der Waals surface area contributed by atoms with Gasteiger partial charge in [-0.25, -0.2) is 0 Å². The van der Waals surface area contributed by atoms with Crippen LogP contribution in [0.1, 0.15) is 37.5 Å². The average molecular weight is 222 g/mol. The first kappa shape index (κ1) is 12.6. The van der Waals surface area contributed by atoms with Crippen molar-refractivity contribution in [2.45, 2.75) is 40.2 Å². The lowest BCUT2D eigenvalue weighted by molar-refractivity contribution is -0.816. The number of aromatic hydroxyl groups is 1. The van der Waals surface area contributed by atoms with Crippen LogP contribution >= 0.6 is 0 Å². The molecule has 0 heterocycles. The maximum atomic E-state index is 9.81. The third kappa shape index (κ3) is 2.75. The molecule has 0 aliphatic carbocycles. The van der Waals surface area contributed by atoms with E-state index in [2.05, 4.69) is 0 Å². The minimum absolute atomic E-state index is 0.317. The number of nitrogens with zero attached hydrogens (tertiary/aromatic N) is 1. The zero-order valence-electron chi connectivity index (χ0n) is 10.6. The van der Waals surface area contributed by atoms with Gasteiger partial charge < -0.3 is 5.11 Å². The van der Waals surface area contributed by atoms with Crippen LogP contribution in [0.15, 0.2) is 12.1 Å². The fourth-order valence-electron chi connectivity index (χ4n) is 1.40. The Balaban J connectivity index is 3.17. The van der Waals surface area contributed by atoms with Gasteiger partial charge in [-0.3, -0.25) is 5.21 Å². The summed E-state index contributed by atoms with van der Waals surface area (Å²) in [5.41, 5.74) is 2.17. The minimum Gasteiger partial charge on any atom is -0.507 e. The van der Waals surface area contributed by atoms with Gasteiger partial charge in [-0.1, -0.05) is 0 Å². The molecule has 16 heavy (non-hydrogen) atoms. The van der Waals surface area contributed by atoms with E-state index in [0.717, 1.165) is 16.7 Å². The molecule has 0 atom stereocenters. The topological polar surface area (TPSA) is 43.5 Å². The van der Waals surface area contributed by atoms with Crippen LogP contribution in [-0.4, -0.2) is 26.8 Å². The molecule has 0 saturated carbocycles. The molecule has 0 aliphatic rings. The molecule has 1 aromatic carbocycles. The van der Waals surface area contributed by atoms with Crippen molar-refractivity contribution in [2.24, 2.45) is 0 Å². The van der Waals surface area contributed by atoms with E-state index in [1.54, 1.807) is 6.21 Å². The lowest BCUT2D eigenvalue weighted by Crippen LogP contribution is -2.31. The van der Waals surface area contributed by atoms with Crippen LogP contribution < -0.4 is 0 Å². The summed E-state index contributed by atoms with van der Waals surface area (Å²) in [6.45, 7) is 9.45. The quantitative estimate of drug-likeness (QED) is 0.332. The van der Waals surface area contributed by atoms with Crippen molar-refractivity contribution < 1.29 is 15.1 Å². The number of hydrogen-bond acceptors (Lipinski definition) is 2. The van der Waals surface area contributed by atoms with E-state index in [0.29, 0.717) is 5.75 Å². The van der Waals surface area contributed by atoms with Crippen LogP contribution in [0.2, 0.25) is 0 Å². The molecule has 0 aromatic heterocycles. The largest absolute Gasteiger partial charge is 0.507 e. The zero-order valence-corrected chi connectivity index (χ0v) is 10.6. The summed E-state index contributed by atoms with van der Waals surface area (Å²) in [7, 11) is 0. The van der Waals surface area contributed by atoms with Gasteiger partial charge in [-0.05, 0) is 41.8 Å². The van der Waals surface area contributed by atoms with E-state index in [-0.39, 0.29) is 5.54 Å². The van der Waals surface area contributed by atoms with Crippen molar-refractivity contribution in [3.63, 3.8) is 0 Å². The SMILES string of the molecule is Cc1cc(/C=[N+](\O)C(C)(C)C)cc(C)c1O. The lowest BCUT2D eigenvalue weighted by atomic mass is 10.1. The average Bonchev–Trinajstić information content (AvgIpc) is 2.12. The third-order valence-corrected chi connectivity index (χ3v) is 2.47. The lowest BCUT2D eigenvalue weighted by Gasteiger charge is -2.10. The van der Waals surface area contributed by atoms with E-state index in [1.165, 1.54) is 4.74 Å². The molecule has 0 saturated heterocycles. The van der Waals surface area contributed by atoms with E-state index in [1.807, 2.05) is 46.8 Å². The first-order valence-electron chi connectivity index (χ1n) is 5.35. The number of hydroxylamine groups is 1. The van der Waals surface area contributed by atoms with Crippen molar-refractivity contribution >= 4 is 6.21 Å². The molecular formula is C13H20NO2+. The fraction of sp³-hybridized carbons (Fsp3) is 0.462. The minimum atomic E-state index is -0.334. The second-order valence-corrected chi connectivity index (χ2v) is 5.15. The molecule has 2 N–H and O–H groups in total. The third-order valence-electron chi connectivity index (χ3n) is 2.47. The van der Waals surface area contributed by atoms with Crippen LogP contribution in [0.4, 0.5) is 0 Å². The summed E-state index contributed by atoms with van der Waals surface area (Å²) < 4.78 is 1.18. The number of benzene rings is 1. The Labute approximate surface area is 96.6 Å². The number of phenolic OH excluding ortho intramolecular Hbond substituents is 1. The van der Waals surface area contributed by atoms with Gasteiger partial charge in [-0.15, -0.1) is 0 Å². The molecule has 1 rings (SSSR count). The Kier molecular flexibility index (Phi) is 3.27. The summed E-state index contributed by atoms with van der Waals surface area (Å²) >= 11 is 0. The highest BCUT2D eigenvalue weighted by molar-refractivity contribution is 5.77. The van der Waals surface area contributed by atoms with Crippen LogP contribution in [0.5, 0.6) is 5.75 Å². The van der Waals surface area contributed by atoms with Crippen LogP contribution in [0, 0.1) is 13.8 Å².